The molecule has 0 atom stereocenters. The third kappa shape index (κ3) is 2.94. The lowest BCUT2D eigenvalue weighted by Crippen LogP contribution is -2.08. The molecule has 0 unspecified atom stereocenters. The predicted octanol–water partition coefficient (Wildman–Crippen LogP) is 3.49. The van der Waals surface area contributed by atoms with Crippen molar-refractivity contribution in [1.82, 2.24) is 0 Å². The number of amides is 1. The van der Waals surface area contributed by atoms with Crippen LogP contribution in [0, 0.1) is 13.8 Å². The smallest absolute Gasteiger partial charge is 0.221 e. The molecule has 0 radical (unpaired) electrons. The second-order valence-corrected chi connectivity index (χ2v) is 4.85. The molecule has 3 heteroatoms. The van der Waals surface area contributed by atoms with Gasteiger partial charge in [-0.2, -0.15) is 0 Å². The van der Waals surface area contributed by atoms with Gasteiger partial charge in [0.15, 0.2) is 5.78 Å². The third-order valence-electron chi connectivity index (χ3n) is 3.18. The van der Waals surface area contributed by atoms with Crippen molar-refractivity contribution < 1.29 is 9.59 Å². The first-order valence-electron chi connectivity index (χ1n) is 6.47. The van der Waals surface area contributed by atoms with E-state index in [1.54, 1.807) is 24.3 Å². The number of rotatable bonds is 3. The van der Waals surface area contributed by atoms with E-state index in [1.807, 2.05) is 32.0 Å². The minimum Gasteiger partial charge on any atom is -0.326 e. The first-order valence-corrected chi connectivity index (χ1v) is 6.47. The van der Waals surface area contributed by atoms with Crippen LogP contribution in [0.4, 0.5) is 5.69 Å². The van der Waals surface area contributed by atoms with Crippen molar-refractivity contribution in [2.75, 3.05) is 5.32 Å². The van der Waals surface area contributed by atoms with Crippen LogP contribution in [0.5, 0.6) is 0 Å². The molecule has 2 aromatic rings. The largest absolute Gasteiger partial charge is 0.326 e. The molecule has 0 saturated carbocycles. The van der Waals surface area contributed by atoms with E-state index in [2.05, 4.69) is 5.32 Å². The molecule has 20 heavy (non-hydrogen) atoms. The highest BCUT2D eigenvalue weighted by atomic mass is 16.1. The zero-order valence-corrected chi connectivity index (χ0v) is 11.9. The molecule has 102 valence electrons. The molecule has 0 aliphatic carbocycles. The normalized spacial score (nSPS) is 10.2. The monoisotopic (exact) mass is 267 g/mol. The third-order valence-corrected chi connectivity index (χ3v) is 3.18. The van der Waals surface area contributed by atoms with Gasteiger partial charge in [0, 0.05) is 23.7 Å². The van der Waals surface area contributed by atoms with Crippen LogP contribution >= 0.6 is 0 Å². The van der Waals surface area contributed by atoms with E-state index in [-0.39, 0.29) is 11.7 Å². The van der Waals surface area contributed by atoms with E-state index in [9.17, 15) is 9.59 Å². The molecule has 0 aliphatic heterocycles. The van der Waals surface area contributed by atoms with Crippen LogP contribution in [0.25, 0.3) is 0 Å². The Hall–Kier alpha value is -2.42. The Labute approximate surface area is 118 Å². The van der Waals surface area contributed by atoms with Gasteiger partial charge in [-0.05, 0) is 49.2 Å². The Morgan fingerprint density at radius 3 is 1.95 bits per heavy atom. The summed E-state index contributed by atoms with van der Waals surface area (Å²) in [5.41, 5.74) is 4.01. The molecule has 1 amide bonds. The molecular formula is C17H17NO2. The van der Waals surface area contributed by atoms with Crippen LogP contribution in [0.2, 0.25) is 0 Å². The molecule has 0 aromatic heterocycles. The van der Waals surface area contributed by atoms with Crippen molar-refractivity contribution in [3.05, 3.63) is 64.7 Å². The summed E-state index contributed by atoms with van der Waals surface area (Å²) in [5, 5.41) is 2.68. The summed E-state index contributed by atoms with van der Waals surface area (Å²) >= 11 is 0. The fourth-order valence-electron chi connectivity index (χ4n) is 2.23. The SMILES string of the molecule is CC(=O)Nc1ccc(C(=O)c2c(C)cccc2C)cc1. The Balaban J connectivity index is 2.32. The molecule has 0 spiro atoms. The lowest BCUT2D eigenvalue weighted by Gasteiger charge is -2.09. The van der Waals surface area contributed by atoms with Gasteiger partial charge in [0.05, 0.1) is 0 Å². The predicted molar refractivity (Wildman–Crippen MR) is 80.1 cm³/mol. The molecule has 2 aromatic carbocycles. The van der Waals surface area contributed by atoms with E-state index < -0.39 is 0 Å². The minimum atomic E-state index is -0.126. The average Bonchev–Trinajstić information content (AvgIpc) is 2.38. The first kappa shape index (κ1) is 14.0. The van der Waals surface area contributed by atoms with Gasteiger partial charge < -0.3 is 5.32 Å². The number of carbonyl (C=O) groups excluding carboxylic acids is 2. The van der Waals surface area contributed by atoms with E-state index >= 15 is 0 Å². The van der Waals surface area contributed by atoms with Crippen LogP contribution in [-0.4, -0.2) is 11.7 Å². The summed E-state index contributed by atoms with van der Waals surface area (Å²) in [5.74, 6) is -0.117. The molecular weight excluding hydrogens is 250 g/mol. The minimum absolute atomic E-state index is 0.00924. The maximum atomic E-state index is 12.5. The van der Waals surface area contributed by atoms with Crippen molar-refractivity contribution in [2.24, 2.45) is 0 Å². The number of hydrogen-bond acceptors (Lipinski definition) is 2. The van der Waals surface area contributed by atoms with Crippen molar-refractivity contribution in [1.29, 1.82) is 0 Å². The Bertz CT molecular complexity index is 637. The van der Waals surface area contributed by atoms with Gasteiger partial charge in [0.2, 0.25) is 5.91 Å². The van der Waals surface area contributed by atoms with Crippen LogP contribution in [0.1, 0.15) is 34.0 Å². The fraction of sp³-hybridized carbons (Fsp3) is 0.176. The van der Waals surface area contributed by atoms with Crippen molar-refractivity contribution in [3.8, 4) is 0 Å². The molecule has 2 rings (SSSR count). The van der Waals surface area contributed by atoms with Gasteiger partial charge in [-0.3, -0.25) is 9.59 Å². The van der Waals surface area contributed by atoms with Crippen LogP contribution in [-0.2, 0) is 4.79 Å². The average molecular weight is 267 g/mol. The van der Waals surface area contributed by atoms with Crippen molar-refractivity contribution in [3.63, 3.8) is 0 Å². The topological polar surface area (TPSA) is 46.2 Å². The number of hydrogen-bond donors (Lipinski definition) is 1. The second kappa shape index (κ2) is 5.70. The molecule has 1 N–H and O–H groups in total. The molecule has 0 fully saturated rings. The van der Waals surface area contributed by atoms with Gasteiger partial charge in [-0.1, -0.05) is 18.2 Å². The van der Waals surface area contributed by atoms with Crippen LogP contribution in [0.3, 0.4) is 0 Å². The number of carbonyl (C=O) groups is 2. The number of benzene rings is 2. The summed E-state index contributed by atoms with van der Waals surface area (Å²) in [6.45, 7) is 5.33. The second-order valence-electron chi connectivity index (χ2n) is 4.85. The Morgan fingerprint density at radius 1 is 0.900 bits per heavy atom. The van der Waals surface area contributed by atoms with E-state index in [1.165, 1.54) is 6.92 Å². The zero-order valence-electron chi connectivity index (χ0n) is 11.9. The summed E-state index contributed by atoms with van der Waals surface area (Å²) in [4.78, 5) is 23.5. The van der Waals surface area contributed by atoms with Crippen molar-refractivity contribution >= 4 is 17.4 Å². The van der Waals surface area contributed by atoms with Gasteiger partial charge >= 0.3 is 0 Å². The molecule has 0 heterocycles. The maximum Gasteiger partial charge on any atom is 0.221 e. The van der Waals surface area contributed by atoms with Crippen LogP contribution < -0.4 is 5.32 Å². The van der Waals surface area contributed by atoms with Gasteiger partial charge in [-0.15, -0.1) is 0 Å². The highest BCUT2D eigenvalue weighted by Gasteiger charge is 2.13. The maximum absolute atomic E-state index is 12.5. The van der Waals surface area contributed by atoms with Gasteiger partial charge in [-0.25, -0.2) is 0 Å². The van der Waals surface area contributed by atoms with Crippen LogP contribution in [0.15, 0.2) is 42.5 Å². The highest BCUT2D eigenvalue weighted by Crippen LogP contribution is 2.19. The highest BCUT2D eigenvalue weighted by molar-refractivity contribution is 6.11. The number of ketones is 1. The summed E-state index contributed by atoms with van der Waals surface area (Å²) in [7, 11) is 0. The summed E-state index contributed by atoms with van der Waals surface area (Å²) in [6, 6.07) is 12.8. The molecule has 0 saturated heterocycles. The Kier molecular flexibility index (Phi) is 3.99. The Morgan fingerprint density at radius 2 is 1.45 bits per heavy atom. The summed E-state index contributed by atoms with van der Waals surface area (Å²) in [6.07, 6.45) is 0. The zero-order chi connectivity index (χ0) is 14.7. The van der Waals surface area contributed by atoms with E-state index in [0.29, 0.717) is 11.3 Å². The van der Waals surface area contributed by atoms with Gasteiger partial charge in [0.1, 0.15) is 0 Å². The number of aryl methyl sites for hydroxylation is 2. The number of nitrogens with one attached hydrogen (secondary N) is 1. The quantitative estimate of drug-likeness (QED) is 0.865. The summed E-state index contributed by atoms with van der Waals surface area (Å²) < 4.78 is 0. The standard InChI is InChI=1S/C17H17NO2/c1-11-5-4-6-12(2)16(11)17(20)14-7-9-15(10-8-14)18-13(3)19/h4-10H,1-3H3,(H,18,19). The van der Waals surface area contributed by atoms with Crippen molar-refractivity contribution in [2.45, 2.75) is 20.8 Å². The first-order chi connectivity index (χ1) is 9.49. The number of anilines is 1. The fourth-order valence-corrected chi connectivity index (χ4v) is 2.23. The lowest BCUT2D eigenvalue weighted by atomic mass is 9.95. The van der Waals surface area contributed by atoms with Gasteiger partial charge in [0.25, 0.3) is 0 Å². The van der Waals surface area contributed by atoms with E-state index in [4.69, 9.17) is 0 Å². The molecule has 3 nitrogen and oxygen atoms in total. The molecule has 0 bridgehead atoms. The van der Waals surface area contributed by atoms with E-state index in [0.717, 1.165) is 16.7 Å². The lowest BCUT2D eigenvalue weighted by molar-refractivity contribution is -0.114. The molecule has 0 aliphatic rings.